The lowest BCUT2D eigenvalue weighted by Crippen LogP contribution is -2.41. The van der Waals surface area contributed by atoms with Crippen LogP contribution in [0, 0.1) is 12.3 Å². The van der Waals surface area contributed by atoms with Gasteiger partial charge in [-0.3, -0.25) is 9.88 Å². The van der Waals surface area contributed by atoms with Crippen molar-refractivity contribution in [3.63, 3.8) is 0 Å². The number of hydrogen-bond acceptors (Lipinski definition) is 3. The van der Waals surface area contributed by atoms with Crippen LogP contribution < -0.4 is 0 Å². The molecule has 1 rings (SSSR count). The third kappa shape index (κ3) is 4.56. The predicted molar refractivity (Wildman–Crippen MR) is 69.4 cm³/mol. The molecule has 3 heteroatoms. The van der Waals surface area contributed by atoms with Crippen LogP contribution in [0.5, 0.6) is 0 Å². The van der Waals surface area contributed by atoms with E-state index in [0.717, 1.165) is 12.2 Å². The van der Waals surface area contributed by atoms with E-state index in [-0.39, 0.29) is 5.54 Å². The summed E-state index contributed by atoms with van der Waals surface area (Å²) in [5, 5.41) is 0. The summed E-state index contributed by atoms with van der Waals surface area (Å²) in [5.74, 6) is 2.76. The highest BCUT2D eigenvalue weighted by molar-refractivity contribution is 5.07. The largest absolute Gasteiger partial charge is 0.374 e. The molecule has 0 saturated heterocycles. The molecule has 0 atom stereocenters. The number of aromatic nitrogens is 1. The Morgan fingerprint density at radius 1 is 1.47 bits per heavy atom. The summed E-state index contributed by atoms with van der Waals surface area (Å²) in [4.78, 5) is 6.29. The van der Waals surface area contributed by atoms with Crippen LogP contribution in [0.25, 0.3) is 0 Å². The van der Waals surface area contributed by atoms with Crippen molar-refractivity contribution in [2.45, 2.75) is 26.0 Å². The fourth-order valence-electron chi connectivity index (χ4n) is 1.25. The molecular formula is C14H20N2O. The second-order valence-corrected chi connectivity index (χ2v) is 4.50. The first-order chi connectivity index (χ1) is 8.06. The van der Waals surface area contributed by atoms with E-state index in [2.05, 4.69) is 15.8 Å². The van der Waals surface area contributed by atoms with Crippen molar-refractivity contribution < 1.29 is 4.74 Å². The lowest BCUT2D eigenvalue weighted by Gasteiger charge is -2.30. The molecule has 3 nitrogen and oxygen atoms in total. The highest BCUT2D eigenvalue weighted by Crippen LogP contribution is 2.09. The second kappa shape index (κ2) is 6.39. The third-order valence-corrected chi connectivity index (χ3v) is 2.85. The molecule has 1 aromatic rings. The van der Waals surface area contributed by atoms with E-state index >= 15 is 0 Å². The SMILES string of the molecule is C#CC(C)(C)N(C)CCOCc1ccccn1. The normalized spacial score (nSPS) is 11.5. The molecule has 0 N–H and O–H groups in total. The minimum absolute atomic E-state index is 0.228. The number of likely N-dealkylation sites (N-methyl/N-ethyl adjacent to an activating group) is 1. The topological polar surface area (TPSA) is 25.4 Å². The molecule has 0 unspecified atom stereocenters. The maximum Gasteiger partial charge on any atom is 0.0888 e. The molecule has 0 aliphatic heterocycles. The first-order valence-corrected chi connectivity index (χ1v) is 5.73. The van der Waals surface area contributed by atoms with Crippen molar-refractivity contribution in [1.29, 1.82) is 0 Å². The molecule has 0 aliphatic carbocycles. The van der Waals surface area contributed by atoms with E-state index < -0.39 is 0 Å². The molecule has 0 spiro atoms. The predicted octanol–water partition coefficient (Wildman–Crippen LogP) is 1.94. The van der Waals surface area contributed by atoms with Crippen LogP contribution in [0.15, 0.2) is 24.4 Å². The van der Waals surface area contributed by atoms with E-state index in [1.165, 1.54) is 0 Å². The smallest absolute Gasteiger partial charge is 0.0888 e. The third-order valence-electron chi connectivity index (χ3n) is 2.85. The van der Waals surface area contributed by atoms with Gasteiger partial charge in [0.25, 0.3) is 0 Å². The van der Waals surface area contributed by atoms with Crippen molar-refractivity contribution in [2.75, 3.05) is 20.2 Å². The molecular weight excluding hydrogens is 212 g/mol. The number of pyridine rings is 1. The zero-order valence-electron chi connectivity index (χ0n) is 10.8. The maximum atomic E-state index is 5.56. The first-order valence-electron chi connectivity index (χ1n) is 5.73. The minimum atomic E-state index is -0.228. The van der Waals surface area contributed by atoms with Gasteiger partial charge in [-0.25, -0.2) is 0 Å². The van der Waals surface area contributed by atoms with E-state index in [1.54, 1.807) is 6.20 Å². The van der Waals surface area contributed by atoms with Crippen LogP contribution in [-0.4, -0.2) is 35.6 Å². The molecule has 1 heterocycles. The number of rotatable bonds is 6. The van der Waals surface area contributed by atoms with Crippen LogP contribution in [0.3, 0.4) is 0 Å². The summed E-state index contributed by atoms with van der Waals surface area (Å²) < 4.78 is 5.56. The Labute approximate surface area is 104 Å². The summed E-state index contributed by atoms with van der Waals surface area (Å²) >= 11 is 0. The van der Waals surface area contributed by atoms with Gasteiger partial charge in [-0.1, -0.05) is 12.0 Å². The molecule has 0 bridgehead atoms. The Hall–Kier alpha value is -1.37. The Kier molecular flexibility index (Phi) is 5.14. The zero-order chi connectivity index (χ0) is 12.7. The van der Waals surface area contributed by atoms with Gasteiger partial charge in [0.15, 0.2) is 0 Å². The molecule has 0 fully saturated rings. The summed E-state index contributed by atoms with van der Waals surface area (Å²) in [7, 11) is 2.00. The Bertz CT molecular complexity index is 368. The fraction of sp³-hybridized carbons (Fsp3) is 0.500. The number of hydrogen-bond donors (Lipinski definition) is 0. The Morgan fingerprint density at radius 3 is 2.82 bits per heavy atom. The molecule has 92 valence electrons. The molecule has 0 aliphatic rings. The summed E-state index contributed by atoms with van der Waals surface area (Å²) in [6.07, 6.45) is 7.23. The lowest BCUT2D eigenvalue weighted by molar-refractivity contribution is 0.0799. The van der Waals surface area contributed by atoms with Crippen molar-refractivity contribution in [3.05, 3.63) is 30.1 Å². The van der Waals surface area contributed by atoms with E-state index in [4.69, 9.17) is 11.2 Å². The van der Waals surface area contributed by atoms with Crippen LogP contribution in [0.2, 0.25) is 0 Å². The van der Waals surface area contributed by atoms with Gasteiger partial charge < -0.3 is 4.74 Å². The van der Waals surface area contributed by atoms with E-state index in [9.17, 15) is 0 Å². The van der Waals surface area contributed by atoms with Gasteiger partial charge in [0.1, 0.15) is 0 Å². The average Bonchev–Trinajstić information content (AvgIpc) is 2.35. The molecule has 17 heavy (non-hydrogen) atoms. The van der Waals surface area contributed by atoms with Crippen LogP contribution in [0.1, 0.15) is 19.5 Å². The quantitative estimate of drug-likeness (QED) is 0.553. The van der Waals surface area contributed by atoms with Gasteiger partial charge in [0.05, 0.1) is 24.4 Å². The molecule has 0 amide bonds. The average molecular weight is 232 g/mol. The number of ether oxygens (including phenoxy) is 1. The summed E-state index contributed by atoms with van der Waals surface area (Å²) in [6, 6.07) is 5.81. The van der Waals surface area contributed by atoms with Gasteiger partial charge in [0, 0.05) is 12.7 Å². The highest BCUT2D eigenvalue weighted by Gasteiger charge is 2.19. The summed E-state index contributed by atoms with van der Waals surface area (Å²) in [5.41, 5.74) is 0.723. The standard InChI is InChI=1S/C14H20N2O/c1-5-14(2,3)16(4)10-11-17-12-13-8-6-7-9-15-13/h1,6-9H,10-12H2,2-4H3. The van der Waals surface area contributed by atoms with Crippen molar-refractivity contribution in [1.82, 2.24) is 9.88 Å². The Balaban J connectivity index is 2.24. The molecule has 0 radical (unpaired) electrons. The monoisotopic (exact) mass is 232 g/mol. The summed E-state index contributed by atoms with van der Waals surface area (Å²) in [6.45, 7) is 6.05. The van der Waals surface area contributed by atoms with Gasteiger partial charge in [-0.15, -0.1) is 6.42 Å². The number of terminal acetylenes is 1. The van der Waals surface area contributed by atoms with Crippen LogP contribution in [0.4, 0.5) is 0 Å². The molecule has 0 aromatic carbocycles. The van der Waals surface area contributed by atoms with Crippen molar-refractivity contribution in [2.24, 2.45) is 0 Å². The lowest BCUT2D eigenvalue weighted by atomic mass is 10.1. The zero-order valence-corrected chi connectivity index (χ0v) is 10.8. The fourth-order valence-corrected chi connectivity index (χ4v) is 1.25. The molecule has 0 saturated carbocycles. The second-order valence-electron chi connectivity index (χ2n) is 4.50. The van der Waals surface area contributed by atoms with Crippen LogP contribution >= 0.6 is 0 Å². The van der Waals surface area contributed by atoms with Gasteiger partial charge >= 0.3 is 0 Å². The first kappa shape index (κ1) is 13.7. The number of nitrogens with zero attached hydrogens (tertiary/aromatic N) is 2. The van der Waals surface area contributed by atoms with E-state index in [0.29, 0.717) is 13.2 Å². The minimum Gasteiger partial charge on any atom is -0.374 e. The van der Waals surface area contributed by atoms with Crippen molar-refractivity contribution >= 4 is 0 Å². The van der Waals surface area contributed by atoms with Crippen LogP contribution in [-0.2, 0) is 11.3 Å². The highest BCUT2D eigenvalue weighted by atomic mass is 16.5. The van der Waals surface area contributed by atoms with E-state index in [1.807, 2.05) is 39.1 Å². The van der Waals surface area contributed by atoms with Crippen molar-refractivity contribution in [3.8, 4) is 12.3 Å². The maximum absolute atomic E-state index is 5.56. The molecule has 1 aromatic heterocycles. The van der Waals surface area contributed by atoms with Gasteiger partial charge in [0.2, 0.25) is 0 Å². The van der Waals surface area contributed by atoms with Gasteiger partial charge in [-0.05, 0) is 33.0 Å². The van der Waals surface area contributed by atoms with Gasteiger partial charge in [-0.2, -0.15) is 0 Å². The Morgan fingerprint density at radius 2 is 2.24 bits per heavy atom.